The summed E-state index contributed by atoms with van der Waals surface area (Å²) in [7, 11) is 0. The third-order valence-corrected chi connectivity index (χ3v) is 23.2. The predicted octanol–water partition coefficient (Wildman–Crippen LogP) is -4.42. The van der Waals surface area contributed by atoms with Gasteiger partial charge < -0.3 is 134 Å². The fourth-order valence-corrected chi connectivity index (χ4v) is 17.9. The van der Waals surface area contributed by atoms with Crippen LogP contribution in [0.1, 0.15) is 107 Å². The minimum absolute atomic E-state index is 0.0138. The van der Waals surface area contributed by atoms with Gasteiger partial charge in [0.2, 0.25) is 6.29 Å². The minimum atomic E-state index is -2.31. The van der Waals surface area contributed by atoms with Gasteiger partial charge in [-0.3, -0.25) is 9.59 Å². The summed E-state index contributed by atoms with van der Waals surface area (Å²) < 4.78 is 59.0. The monoisotopic (exact) mass is 1280 g/mol. The van der Waals surface area contributed by atoms with E-state index in [1.165, 1.54) is 20.8 Å². The summed E-state index contributed by atoms with van der Waals surface area (Å²) in [5, 5.41) is 187. The standard InChI is InChI=1S/C59H92O30/c1-21-30(64)35(69)42(86-48-39(73)40(31(65)22(2)81-48)84-50-44(58(79,19-61)20-80-50)88-46-37(71)33(67)32(66)26(18-60)83-46)49(82-21)89-52(78)59-14-13-55(6)23(24(59)15-53(3,4)17-29(59)63)9-10-27-54(5)16-25(62)43(57(8,51(76)77)28(54)11-12-56(27,55)7)87-47-38(72)34(68)36(70)41(85-47)45(74)75/h9,21-22,24-44,46-50,60-73,79H,10-20H2,1-8H3,(H,74,75)(H,76,77). The summed E-state index contributed by atoms with van der Waals surface area (Å²) in [6.45, 7) is 11.8. The molecule has 34 unspecified atom stereocenters. The van der Waals surface area contributed by atoms with Crippen LogP contribution in [0.15, 0.2) is 11.6 Å². The van der Waals surface area contributed by atoms with Gasteiger partial charge in [-0.1, -0.05) is 46.3 Å². The molecule has 0 spiro atoms. The normalized spacial score (nSPS) is 54.8. The number of carbonyl (C=O) groups is 3. The van der Waals surface area contributed by atoms with Gasteiger partial charge in [-0.25, -0.2) is 4.79 Å². The number of allylic oxidation sites excluding steroid dienone is 2. The maximum atomic E-state index is 15.6. The molecule has 0 amide bonds. The first-order valence-electron chi connectivity index (χ1n) is 30.8. The van der Waals surface area contributed by atoms with Crippen LogP contribution >= 0.6 is 0 Å². The van der Waals surface area contributed by atoms with E-state index in [1.807, 2.05) is 20.8 Å². The Morgan fingerprint density at radius 2 is 1.19 bits per heavy atom. The number of esters is 1. The lowest BCUT2D eigenvalue weighted by atomic mass is 9.33. The zero-order valence-electron chi connectivity index (χ0n) is 50.9. The maximum absolute atomic E-state index is 15.6. The molecule has 30 heteroatoms. The smallest absolute Gasteiger partial charge is 0.335 e. The summed E-state index contributed by atoms with van der Waals surface area (Å²) in [5.41, 5.74) is -7.91. The summed E-state index contributed by atoms with van der Waals surface area (Å²) in [6, 6.07) is 0. The highest BCUT2D eigenvalue weighted by molar-refractivity contribution is 5.80. The average Bonchev–Trinajstić information content (AvgIpc) is 1.50. The molecule has 17 N–H and O–H groups in total. The third-order valence-electron chi connectivity index (χ3n) is 23.2. The van der Waals surface area contributed by atoms with Crippen molar-refractivity contribution in [2.45, 2.75) is 266 Å². The van der Waals surface area contributed by atoms with Crippen molar-refractivity contribution in [3.8, 4) is 0 Å². The number of hydrogen-bond acceptors (Lipinski definition) is 28. The van der Waals surface area contributed by atoms with Crippen LogP contribution < -0.4 is 0 Å². The molecule has 10 aliphatic rings. The Balaban J connectivity index is 0.905. The van der Waals surface area contributed by atoms with E-state index >= 15 is 4.79 Å². The summed E-state index contributed by atoms with van der Waals surface area (Å²) >= 11 is 0. The second-order valence-corrected chi connectivity index (χ2v) is 28.8. The Kier molecular flexibility index (Phi) is 19.0. The van der Waals surface area contributed by atoms with Gasteiger partial charge in [0.1, 0.15) is 96.5 Å². The maximum Gasteiger partial charge on any atom is 0.335 e. The lowest BCUT2D eigenvalue weighted by molar-refractivity contribution is -0.373. The number of rotatable bonds is 14. The molecule has 0 aromatic heterocycles. The highest BCUT2D eigenvalue weighted by atomic mass is 16.8. The SMILES string of the molecule is CC1OC(OC(=O)C23CCC4(C)C(=CCC5C6(C)CC(O)C(OC7OC(C(=O)O)C(O)C(O)C7O)C(C)(C(=O)O)C6CCC54C)C2CC(C)(C)CC3O)C(OC2OC(C)C(O)C(OC3OCC(O)(CO)C3OC3OC(CO)C(O)C(O)C3O)C2O)C(O)C1O. The fraction of sp³-hybridized carbons (Fsp3) is 0.915. The van der Waals surface area contributed by atoms with Crippen LogP contribution in [0, 0.1) is 50.2 Å². The van der Waals surface area contributed by atoms with Crippen LogP contribution in [0.3, 0.4) is 0 Å². The number of aliphatic carboxylic acids is 2. The molecule has 0 radical (unpaired) electrons. The summed E-state index contributed by atoms with van der Waals surface area (Å²) in [4.78, 5) is 41.4. The molecule has 0 bridgehead atoms. The summed E-state index contributed by atoms with van der Waals surface area (Å²) in [6.07, 6.45) is -40.6. The van der Waals surface area contributed by atoms with Gasteiger partial charge in [0.25, 0.3) is 0 Å². The zero-order chi connectivity index (χ0) is 65.5. The molecule has 5 aliphatic carbocycles. The number of carboxylic acid groups (broad SMARTS) is 2. The highest BCUT2D eigenvalue weighted by Crippen LogP contribution is 2.76. The molecule has 0 aromatic carbocycles. The van der Waals surface area contributed by atoms with Crippen molar-refractivity contribution in [3.63, 3.8) is 0 Å². The van der Waals surface area contributed by atoms with Crippen LogP contribution in [0.25, 0.3) is 0 Å². The van der Waals surface area contributed by atoms with E-state index in [4.69, 9.17) is 47.4 Å². The van der Waals surface area contributed by atoms with Crippen LogP contribution in [-0.2, 0) is 61.8 Å². The number of fused-ring (bicyclic) bond motifs is 7. The highest BCUT2D eigenvalue weighted by Gasteiger charge is 2.74. The van der Waals surface area contributed by atoms with Gasteiger partial charge in [0.05, 0.1) is 49.7 Å². The number of aliphatic hydroxyl groups is 15. The molecular weight excluding hydrogens is 1190 g/mol. The molecule has 89 heavy (non-hydrogen) atoms. The van der Waals surface area contributed by atoms with Gasteiger partial charge in [-0.05, 0) is 112 Å². The lowest BCUT2D eigenvalue weighted by Gasteiger charge is -2.71. The van der Waals surface area contributed by atoms with E-state index in [0.29, 0.717) is 19.3 Å². The van der Waals surface area contributed by atoms with Gasteiger partial charge in [-0.15, -0.1) is 0 Å². The van der Waals surface area contributed by atoms with Crippen molar-refractivity contribution < 1.29 is 149 Å². The number of carbonyl (C=O) groups excluding carboxylic acids is 1. The molecule has 5 heterocycles. The van der Waals surface area contributed by atoms with Crippen molar-refractivity contribution in [2.24, 2.45) is 50.2 Å². The first kappa shape index (κ1) is 69.0. The van der Waals surface area contributed by atoms with Crippen molar-refractivity contribution in [3.05, 3.63) is 11.6 Å². The molecule has 508 valence electrons. The first-order valence-corrected chi connectivity index (χ1v) is 30.8. The molecule has 30 nitrogen and oxygen atoms in total. The second kappa shape index (κ2) is 24.4. The topological polar surface area (TPSA) is 487 Å². The third kappa shape index (κ3) is 10.9. The molecule has 9 fully saturated rings. The van der Waals surface area contributed by atoms with Crippen molar-refractivity contribution in [1.29, 1.82) is 0 Å². The van der Waals surface area contributed by atoms with Gasteiger partial charge in [-0.2, -0.15) is 0 Å². The van der Waals surface area contributed by atoms with E-state index < -0.39 is 241 Å². The van der Waals surface area contributed by atoms with E-state index in [-0.39, 0.29) is 38.0 Å². The van der Waals surface area contributed by atoms with Gasteiger partial charge in [0, 0.05) is 0 Å². The minimum Gasteiger partial charge on any atom is -0.481 e. The zero-order valence-corrected chi connectivity index (χ0v) is 50.9. The first-order chi connectivity index (χ1) is 41.4. The largest absolute Gasteiger partial charge is 0.481 e. The van der Waals surface area contributed by atoms with E-state index in [0.717, 1.165) is 5.57 Å². The van der Waals surface area contributed by atoms with Gasteiger partial charge >= 0.3 is 17.9 Å². The van der Waals surface area contributed by atoms with E-state index in [2.05, 4.69) is 19.9 Å². The van der Waals surface area contributed by atoms with Crippen LogP contribution in [0.4, 0.5) is 0 Å². The molecule has 0 aromatic rings. The van der Waals surface area contributed by atoms with Crippen molar-refractivity contribution in [1.82, 2.24) is 0 Å². The quantitative estimate of drug-likeness (QED) is 0.0443. The molecule has 5 saturated heterocycles. The second-order valence-electron chi connectivity index (χ2n) is 28.8. The van der Waals surface area contributed by atoms with Crippen LogP contribution in [0.5, 0.6) is 0 Å². The fourth-order valence-electron chi connectivity index (χ4n) is 17.9. The van der Waals surface area contributed by atoms with E-state index in [9.17, 15) is 96.4 Å². The number of hydrogen-bond donors (Lipinski definition) is 17. The molecular formula is C59H92O30. The average molecular weight is 1280 g/mol. The molecule has 4 saturated carbocycles. The predicted molar refractivity (Wildman–Crippen MR) is 292 cm³/mol. The Morgan fingerprint density at radius 3 is 1.82 bits per heavy atom. The Hall–Kier alpha value is -2.81. The molecule has 34 atom stereocenters. The van der Waals surface area contributed by atoms with Gasteiger partial charge in [0.15, 0.2) is 37.4 Å². The van der Waals surface area contributed by atoms with Crippen LogP contribution in [0.2, 0.25) is 0 Å². The van der Waals surface area contributed by atoms with E-state index in [1.54, 1.807) is 0 Å². The Labute approximate surface area is 512 Å². The molecule has 5 aliphatic heterocycles. The Bertz CT molecular complexity index is 2630. The number of ether oxygens (including phenoxy) is 10. The number of aliphatic hydroxyl groups excluding tert-OH is 14. The van der Waals surface area contributed by atoms with Crippen molar-refractivity contribution in [2.75, 3.05) is 19.8 Å². The lowest BCUT2D eigenvalue weighted by Crippen LogP contribution is -2.71. The van der Waals surface area contributed by atoms with Crippen LogP contribution in [-0.4, -0.2) is 284 Å². The molecule has 10 rings (SSSR count). The number of carboxylic acids is 2. The van der Waals surface area contributed by atoms with Crippen molar-refractivity contribution >= 4 is 17.9 Å². The summed E-state index contributed by atoms with van der Waals surface area (Å²) in [5.74, 6) is -5.67. The Morgan fingerprint density at radius 1 is 0.596 bits per heavy atom.